The Balaban J connectivity index is 1.23. The second-order valence-corrected chi connectivity index (χ2v) is 11.1. The van der Waals surface area contributed by atoms with Crippen molar-refractivity contribution < 1.29 is 63.0 Å². The highest BCUT2D eigenvalue weighted by atomic mass is 16.6. The van der Waals surface area contributed by atoms with Crippen LogP contribution < -0.4 is 9.47 Å². The van der Waals surface area contributed by atoms with Crippen molar-refractivity contribution in [3.63, 3.8) is 0 Å². The van der Waals surface area contributed by atoms with E-state index in [1.54, 1.807) is 6.08 Å². The molecule has 3 aliphatic carbocycles. The molecule has 1 aromatic carbocycles. The van der Waals surface area contributed by atoms with Gasteiger partial charge in [-0.25, -0.2) is 9.59 Å². The second kappa shape index (κ2) is 10.9. The Morgan fingerprint density at radius 3 is 2.52 bits per heavy atom. The van der Waals surface area contributed by atoms with Gasteiger partial charge in [0.25, 0.3) is 0 Å². The SMILES string of the molecule is COc1ccc2c3c1O[C@@H]1C(OC(=O)CCC(=O)O[C@@H](C)C(=O)O[C@@H](CC(=O)O)C(=O)O)=CC[C@]4(O)[C@@H](CCC[C@@]314)C2. The lowest BCUT2D eigenvalue weighted by atomic mass is 9.47. The third-order valence-electron chi connectivity index (χ3n) is 8.77. The highest BCUT2D eigenvalue weighted by Crippen LogP contribution is 2.67. The lowest BCUT2D eigenvalue weighted by molar-refractivity contribution is -0.178. The number of aliphatic carboxylic acids is 2. The minimum atomic E-state index is -1.95. The average Bonchev–Trinajstić information content (AvgIpc) is 3.27. The van der Waals surface area contributed by atoms with E-state index in [2.05, 4.69) is 4.74 Å². The van der Waals surface area contributed by atoms with Crippen LogP contribution in [0.5, 0.6) is 11.5 Å². The number of methoxy groups -OCH3 is 1. The van der Waals surface area contributed by atoms with E-state index in [9.17, 15) is 29.1 Å². The average molecular weight is 589 g/mol. The van der Waals surface area contributed by atoms with Crippen molar-refractivity contribution in [1.29, 1.82) is 0 Å². The molecule has 42 heavy (non-hydrogen) atoms. The summed E-state index contributed by atoms with van der Waals surface area (Å²) in [6.07, 6.45) is -1.01. The van der Waals surface area contributed by atoms with Gasteiger partial charge in [0, 0.05) is 5.56 Å². The van der Waals surface area contributed by atoms with Gasteiger partial charge in [-0.15, -0.1) is 0 Å². The first-order valence-corrected chi connectivity index (χ1v) is 13.8. The number of rotatable bonds is 11. The number of carboxylic acid groups (broad SMARTS) is 2. The number of carbonyl (C=O) groups excluding carboxylic acids is 3. The van der Waals surface area contributed by atoms with Crippen LogP contribution in [-0.4, -0.2) is 76.2 Å². The van der Waals surface area contributed by atoms with Crippen molar-refractivity contribution >= 4 is 29.8 Å². The summed E-state index contributed by atoms with van der Waals surface area (Å²) >= 11 is 0. The fourth-order valence-electron chi connectivity index (χ4n) is 6.95. The summed E-state index contributed by atoms with van der Waals surface area (Å²) in [4.78, 5) is 59.1. The van der Waals surface area contributed by atoms with Crippen LogP contribution in [0.1, 0.15) is 63.0 Å². The van der Waals surface area contributed by atoms with Gasteiger partial charge >= 0.3 is 29.8 Å². The van der Waals surface area contributed by atoms with E-state index in [1.807, 2.05) is 12.1 Å². The molecule has 0 unspecified atom stereocenters. The van der Waals surface area contributed by atoms with Crippen LogP contribution >= 0.6 is 0 Å². The summed E-state index contributed by atoms with van der Waals surface area (Å²) in [5.41, 5.74) is 0.115. The fraction of sp³-hybridized carbons (Fsp3) is 0.552. The molecule has 1 saturated carbocycles. The minimum Gasteiger partial charge on any atom is -0.493 e. The Bertz CT molecular complexity index is 1370. The van der Waals surface area contributed by atoms with Gasteiger partial charge in [0.1, 0.15) is 5.76 Å². The van der Waals surface area contributed by atoms with Gasteiger partial charge in [0.05, 0.1) is 37.4 Å². The zero-order chi connectivity index (χ0) is 30.4. The number of carbonyl (C=O) groups is 5. The summed E-state index contributed by atoms with van der Waals surface area (Å²) in [7, 11) is 1.54. The fourth-order valence-corrected chi connectivity index (χ4v) is 6.95. The maximum Gasteiger partial charge on any atom is 0.348 e. The Morgan fingerprint density at radius 2 is 1.83 bits per heavy atom. The third-order valence-corrected chi connectivity index (χ3v) is 8.77. The molecule has 13 heteroatoms. The summed E-state index contributed by atoms with van der Waals surface area (Å²) in [6, 6.07) is 3.84. The second-order valence-electron chi connectivity index (χ2n) is 11.1. The smallest absolute Gasteiger partial charge is 0.348 e. The molecule has 0 saturated heterocycles. The standard InChI is InChI=1S/C29H32O13/c1-14(27(36)41-19(26(34)35)13-20(30)31)39-21(32)7-8-22(33)40-18-9-11-29(37)16-4-3-10-28(29)23-15(12-16)5-6-17(38-2)24(23)42-25(18)28/h5-6,9,14,16,19,25,37H,3-4,7-8,10-13H2,1-2H3,(H,30,31)(H,34,35)/t14-,16-,19-,25+,28+,29-/m0/s1. The lowest BCUT2D eigenvalue weighted by Gasteiger charge is -2.59. The van der Waals surface area contributed by atoms with Crippen LogP contribution in [0.15, 0.2) is 24.0 Å². The number of benzene rings is 1. The highest BCUT2D eigenvalue weighted by Gasteiger charge is 2.70. The summed E-state index contributed by atoms with van der Waals surface area (Å²) in [6.45, 7) is 1.13. The molecule has 6 atom stereocenters. The van der Waals surface area contributed by atoms with Crippen molar-refractivity contribution in [1.82, 2.24) is 0 Å². The Labute approximate surface area is 240 Å². The maximum atomic E-state index is 12.8. The van der Waals surface area contributed by atoms with Gasteiger partial charge in [-0.1, -0.05) is 12.5 Å². The van der Waals surface area contributed by atoms with Crippen molar-refractivity contribution in [3.8, 4) is 11.5 Å². The first-order valence-electron chi connectivity index (χ1n) is 13.8. The quantitative estimate of drug-likeness (QED) is 0.251. The molecule has 5 rings (SSSR count). The van der Waals surface area contributed by atoms with Crippen LogP contribution in [-0.2, 0) is 50.0 Å². The van der Waals surface area contributed by atoms with Gasteiger partial charge < -0.3 is 39.0 Å². The van der Waals surface area contributed by atoms with E-state index in [1.165, 1.54) is 7.11 Å². The predicted molar refractivity (Wildman–Crippen MR) is 138 cm³/mol. The normalized spacial score (nSPS) is 27.7. The molecule has 13 nitrogen and oxygen atoms in total. The zero-order valence-electron chi connectivity index (χ0n) is 23.1. The molecule has 4 aliphatic rings. The number of aliphatic hydroxyl groups is 1. The first kappa shape index (κ1) is 29.4. The number of carboxylic acids is 2. The van der Waals surface area contributed by atoms with Crippen molar-refractivity contribution in [3.05, 3.63) is 35.1 Å². The summed E-state index contributed by atoms with van der Waals surface area (Å²) < 4.78 is 27.2. The molecular weight excluding hydrogens is 556 g/mol. The molecular formula is C29H32O13. The van der Waals surface area contributed by atoms with Crippen molar-refractivity contribution in [2.45, 2.75) is 87.6 Å². The Hall–Kier alpha value is -4.13. The molecule has 1 fully saturated rings. The van der Waals surface area contributed by atoms with Gasteiger partial charge in [0.15, 0.2) is 23.7 Å². The Morgan fingerprint density at radius 1 is 1.10 bits per heavy atom. The van der Waals surface area contributed by atoms with Gasteiger partial charge in [-0.05, 0) is 56.2 Å². The first-order chi connectivity index (χ1) is 19.9. The zero-order valence-corrected chi connectivity index (χ0v) is 23.1. The minimum absolute atomic E-state index is 0.0241. The molecule has 1 aliphatic heterocycles. The van der Waals surface area contributed by atoms with E-state index >= 15 is 0 Å². The van der Waals surface area contributed by atoms with E-state index in [-0.39, 0.29) is 18.1 Å². The molecule has 2 bridgehead atoms. The largest absolute Gasteiger partial charge is 0.493 e. The van der Waals surface area contributed by atoms with Crippen molar-refractivity contribution in [2.75, 3.05) is 7.11 Å². The number of hydrogen-bond donors (Lipinski definition) is 3. The number of ether oxygens (including phenoxy) is 5. The van der Waals surface area contributed by atoms with E-state index < -0.39 is 78.4 Å². The van der Waals surface area contributed by atoms with Crippen LogP contribution in [0.4, 0.5) is 0 Å². The van der Waals surface area contributed by atoms with Gasteiger partial charge in [-0.2, -0.15) is 0 Å². The molecule has 1 spiro atoms. The molecule has 1 heterocycles. The van der Waals surface area contributed by atoms with Gasteiger partial charge in [-0.3, -0.25) is 14.4 Å². The topological polar surface area (TPSA) is 192 Å². The predicted octanol–water partition coefficient (Wildman–Crippen LogP) is 1.80. The van der Waals surface area contributed by atoms with Crippen LogP contribution in [0.2, 0.25) is 0 Å². The number of hydrogen-bond acceptors (Lipinski definition) is 11. The summed E-state index contributed by atoms with van der Waals surface area (Å²) in [5, 5.41) is 29.9. The van der Waals surface area contributed by atoms with Crippen LogP contribution in [0, 0.1) is 5.92 Å². The third kappa shape index (κ3) is 4.75. The molecule has 0 aromatic heterocycles. The van der Waals surface area contributed by atoms with E-state index in [0.29, 0.717) is 24.3 Å². The van der Waals surface area contributed by atoms with E-state index in [0.717, 1.165) is 30.9 Å². The molecule has 0 amide bonds. The number of esters is 3. The molecule has 1 aromatic rings. The monoisotopic (exact) mass is 588 g/mol. The molecule has 0 radical (unpaired) electrons. The molecule has 3 N–H and O–H groups in total. The van der Waals surface area contributed by atoms with Crippen LogP contribution in [0.3, 0.4) is 0 Å². The van der Waals surface area contributed by atoms with Crippen molar-refractivity contribution in [2.24, 2.45) is 5.92 Å². The molecule has 226 valence electrons. The lowest BCUT2D eigenvalue weighted by Crippen LogP contribution is -2.67. The highest BCUT2D eigenvalue weighted by molar-refractivity contribution is 5.85. The van der Waals surface area contributed by atoms with Crippen LogP contribution in [0.25, 0.3) is 0 Å². The maximum absolute atomic E-state index is 12.8. The Kier molecular flexibility index (Phi) is 7.64. The van der Waals surface area contributed by atoms with Gasteiger partial charge in [0.2, 0.25) is 6.10 Å². The van der Waals surface area contributed by atoms with E-state index in [4.69, 9.17) is 29.2 Å². The summed E-state index contributed by atoms with van der Waals surface area (Å²) in [5.74, 6) is -4.76.